The van der Waals surface area contributed by atoms with Crippen LogP contribution in [0.1, 0.15) is 11.5 Å². The first kappa shape index (κ1) is 5.95. The average Bonchev–Trinajstić information content (AvgIpc) is 1.88. The molecular formula is C7H8N2. The van der Waals surface area contributed by atoms with E-state index in [1.807, 2.05) is 13.0 Å². The van der Waals surface area contributed by atoms with Crippen LogP contribution < -0.4 is 0 Å². The first-order valence-electron chi connectivity index (χ1n) is 2.75. The Hall–Kier alpha value is -1.18. The Morgan fingerprint density at radius 1 is 1.67 bits per heavy atom. The summed E-state index contributed by atoms with van der Waals surface area (Å²) in [4.78, 5) is 7.99. The van der Waals surface area contributed by atoms with Crippen LogP contribution in [0.4, 0.5) is 0 Å². The second-order valence-corrected chi connectivity index (χ2v) is 1.76. The summed E-state index contributed by atoms with van der Waals surface area (Å²) in [6.07, 6.45) is 3.35. The van der Waals surface area contributed by atoms with E-state index in [9.17, 15) is 0 Å². The average molecular weight is 120 g/mol. The van der Waals surface area contributed by atoms with Gasteiger partial charge in [-0.2, -0.15) is 0 Å². The van der Waals surface area contributed by atoms with Crippen molar-refractivity contribution < 1.29 is 0 Å². The van der Waals surface area contributed by atoms with E-state index in [2.05, 4.69) is 16.5 Å². The summed E-state index contributed by atoms with van der Waals surface area (Å²) in [7, 11) is 0. The molecule has 0 fully saturated rings. The molecule has 0 radical (unpaired) electrons. The molecule has 0 aliphatic carbocycles. The van der Waals surface area contributed by atoms with Crippen LogP contribution in [-0.4, -0.2) is 9.97 Å². The fraction of sp³-hybridized carbons (Fsp3) is 0.143. The molecule has 0 N–H and O–H groups in total. The highest BCUT2D eigenvalue weighted by atomic mass is 14.9. The SMILES string of the molecule is C=Cc1nccc(C)n1. The minimum Gasteiger partial charge on any atom is -0.237 e. The molecule has 0 spiro atoms. The Balaban J connectivity index is 3.07. The van der Waals surface area contributed by atoms with E-state index in [0.29, 0.717) is 5.82 Å². The fourth-order valence-corrected chi connectivity index (χ4v) is 0.567. The number of aromatic nitrogens is 2. The molecule has 0 unspecified atom stereocenters. The van der Waals surface area contributed by atoms with Gasteiger partial charge in [-0.1, -0.05) is 6.58 Å². The topological polar surface area (TPSA) is 25.8 Å². The molecule has 0 saturated carbocycles. The monoisotopic (exact) mass is 120 g/mol. The lowest BCUT2D eigenvalue weighted by Crippen LogP contribution is -1.87. The number of nitrogens with zero attached hydrogens (tertiary/aromatic N) is 2. The van der Waals surface area contributed by atoms with E-state index in [1.165, 1.54) is 0 Å². The molecule has 1 aromatic heterocycles. The quantitative estimate of drug-likeness (QED) is 0.560. The molecule has 0 aliphatic heterocycles. The van der Waals surface area contributed by atoms with Gasteiger partial charge in [0, 0.05) is 11.9 Å². The minimum atomic E-state index is 0.690. The third kappa shape index (κ3) is 1.35. The number of rotatable bonds is 1. The summed E-state index contributed by atoms with van der Waals surface area (Å²) in [5.74, 6) is 0.690. The molecule has 46 valence electrons. The molecule has 1 rings (SSSR count). The smallest absolute Gasteiger partial charge is 0.151 e. The molecule has 0 bridgehead atoms. The first-order valence-corrected chi connectivity index (χ1v) is 2.75. The van der Waals surface area contributed by atoms with Crippen LogP contribution in [0.5, 0.6) is 0 Å². The summed E-state index contributed by atoms with van der Waals surface area (Å²) in [5, 5.41) is 0. The predicted octanol–water partition coefficient (Wildman–Crippen LogP) is 1.43. The van der Waals surface area contributed by atoms with Crippen LogP contribution in [-0.2, 0) is 0 Å². The second kappa shape index (κ2) is 2.40. The molecule has 9 heavy (non-hydrogen) atoms. The Morgan fingerprint density at radius 2 is 2.44 bits per heavy atom. The highest BCUT2D eigenvalue weighted by molar-refractivity contribution is 5.35. The van der Waals surface area contributed by atoms with Crippen molar-refractivity contribution in [2.75, 3.05) is 0 Å². The van der Waals surface area contributed by atoms with Crippen molar-refractivity contribution >= 4 is 6.08 Å². The van der Waals surface area contributed by atoms with Crippen molar-refractivity contribution in [3.05, 3.63) is 30.4 Å². The molecule has 0 saturated heterocycles. The zero-order chi connectivity index (χ0) is 6.69. The Morgan fingerprint density at radius 3 is 2.89 bits per heavy atom. The summed E-state index contributed by atoms with van der Waals surface area (Å²) in [6, 6.07) is 1.85. The zero-order valence-corrected chi connectivity index (χ0v) is 5.33. The molecule has 0 aromatic carbocycles. The summed E-state index contributed by atoms with van der Waals surface area (Å²) in [5.41, 5.74) is 0.972. The fourth-order valence-electron chi connectivity index (χ4n) is 0.567. The molecule has 0 amide bonds. The van der Waals surface area contributed by atoms with Crippen molar-refractivity contribution in [1.29, 1.82) is 0 Å². The first-order chi connectivity index (χ1) is 4.33. The van der Waals surface area contributed by atoms with Crippen molar-refractivity contribution in [3.63, 3.8) is 0 Å². The normalized spacial score (nSPS) is 9.00. The molecule has 1 heterocycles. The molecule has 0 aliphatic rings. The number of hydrogen-bond acceptors (Lipinski definition) is 2. The van der Waals surface area contributed by atoms with Gasteiger partial charge in [-0.3, -0.25) is 0 Å². The second-order valence-electron chi connectivity index (χ2n) is 1.76. The Bertz CT molecular complexity index is 218. The lowest BCUT2D eigenvalue weighted by Gasteiger charge is -1.90. The summed E-state index contributed by atoms with van der Waals surface area (Å²) in [6.45, 7) is 5.47. The van der Waals surface area contributed by atoms with E-state index in [1.54, 1.807) is 12.3 Å². The van der Waals surface area contributed by atoms with Crippen molar-refractivity contribution in [1.82, 2.24) is 9.97 Å². The highest BCUT2D eigenvalue weighted by Crippen LogP contribution is 1.92. The van der Waals surface area contributed by atoms with Crippen LogP contribution in [0.3, 0.4) is 0 Å². The van der Waals surface area contributed by atoms with Gasteiger partial charge in [0.1, 0.15) is 0 Å². The third-order valence-electron chi connectivity index (χ3n) is 0.996. The van der Waals surface area contributed by atoms with Gasteiger partial charge in [0.05, 0.1) is 0 Å². The van der Waals surface area contributed by atoms with Gasteiger partial charge < -0.3 is 0 Å². The van der Waals surface area contributed by atoms with Gasteiger partial charge in [-0.25, -0.2) is 9.97 Å². The van der Waals surface area contributed by atoms with Crippen LogP contribution in [0.15, 0.2) is 18.8 Å². The van der Waals surface area contributed by atoms with Crippen LogP contribution in [0.2, 0.25) is 0 Å². The van der Waals surface area contributed by atoms with Crippen molar-refractivity contribution in [2.45, 2.75) is 6.92 Å². The summed E-state index contributed by atoms with van der Waals surface area (Å²) < 4.78 is 0. The van der Waals surface area contributed by atoms with E-state index in [4.69, 9.17) is 0 Å². The van der Waals surface area contributed by atoms with E-state index >= 15 is 0 Å². The molecule has 1 aromatic rings. The summed E-state index contributed by atoms with van der Waals surface area (Å²) >= 11 is 0. The lowest BCUT2D eigenvalue weighted by molar-refractivity contribution is 1.08. The van der Waals surface area contributed by atoms with Crippen LogP contribution in [0, 0.1) is 6.92 Å². The van der Waals surface area contributed by atoms with E-state index in [0.717, 1.165) is 5.69 Å². The van der Waals surface area contributed by atoms with Crippen LogP contribution in [0.25, 0.3) is 6.08 Å². The van der Waals surface area contributed by atoms with Gasteiger partial charge in [0.25, 0.3) is 0 Å². The predicted molar refractivity (Wildman–Crippen MR) is 36.9 cm³/mol. The Labute approximate surface area is 54.3 Å². The van der Waals surface area contributed by atoms with Gasteiger partial charge in [-0.15, -0.1) is 0 Å². The maximum absolute atomic E-state index is 4.06. The van der Waals surface area contributed by atoms with Gasteiger partial charge >= 0.3 is 0 Å². The van der Waals surface area contributed by atoms with E-state index < -0.39 is 0 Å². The lowest BCUT2D eigenvalue weighted by atomic mass is 10.4. The largest absolute Gasteiger partial charge is 0.237 e. The maximum atomic E-state index is 4.06. The van der Waals surface area contributed by atoms with Crippen molar-refractivity contribution in [3.8, 4) is 0 Å². The minimum absolute atomic E-state index is 0.690. The molecule has 0 atom stereocenters. The Kier molecular flexibility index (Phi) is 1.58. The molecule has 2 nitrogen and oxygen atoms in total. The molecule has 2 heteroatoms. The van der Waals surface area contributed by atoms with Gasteiger partial charge in [-0.05, 0) is 19.1 Å². The highest BCUT2D eigenvalue weighted by Gasteiger charge is 1.86. The molecular weight excluding hydrogens is 112 g/mol. The number of hydrogen-bond donors (Lipinski definition) is 0. The van der Waals surface area contributed by atoms with Crippen molar-refractivity contribution in [2.24, 2.45) is 0 Å². The van der Waals surface area contributed by atoms with Crippen LogP contribution >= 0.6 is 0 Å². The zero-order valence-electron chi connectivity index (χ0n) is 5.33. The maximum Gasteiger partial charge on any atom is 0.151 e. The van der Waals surface area contributed by atoms with E-state index in [-0.39, 0.29) is 0 Å². The third-order valence-corrected chi connectivity index (χ3v) is 0.996. The van der Waals surface area contributed by atoms with Gasteiger partial charge in [0.15, 0.2) is 5.82 Å². The number of aryl methyl sites for hydroxylation is 1. The standard InChI is InChI=1S/C7H8N2/c1-3-7-8-5-4-6(2)9-7/h3-5H,1H2,2H3. The van der Waals surface area contributed by atoms with Gasteiger partial charge in [0.2, 0.25) is 0 Å².